The summed E-state index contributed by atoms with van der Waals surface area (Å²) in [6.07, 6.45) is -4.97. The maximum Gasteiger partial charge on any atom is 0.157 e. The fourth-order valence-electron chi connectivity index (χ4n) is 5.61. The minimum absolute atomic E-state index is 0.0114. The van der Waals surface area contributed by atoms with Gasteiger partial charge in [0, 0.05) is 41.2 Å². The number of phenols is 7. The molecule has 0 aliphatic carbocycles. The van der Waals surface area contributed by atoms with Crippen molar-refractivity contribution in [3.05, 3.63) is 88.5 Å². The first-order valence-electron chi connectivity index (χ1n) is 12.7. The Morgan fingerprint density at radius 3 is 1.85 bits per heavy atom. The van der Waals surface area contributed by atoms with Crippen LogP contribution >= 0.6 is 0 Å². The molecule has 212 valence electrons. The molecule has 2 aliphatic heterocycles. The van der Waals surface area contributed by atoms with Gasteiger partial charge in [0.05, 0.1) is 6.10 Å². The summed E-state index contributed by atoms with van der Waals surface area (Å²) in [4.78, 5) is 0. The highest BCUT2D eigenvalue weighted by Crippen LogP contribution is 2.55. The number of benzene rings is 4. The zero-order valence-electron chi connectivity index (χ0n) is 21.2. The van der Waals surface area contributed by atoms with Crippen LogP contribution in [0, 0.1) is 0 Å². The van der Waals surface area contributed by atoms with E-state index in [4.69, 9.17) is 9.47 Å². The second kappa shape index (κ2) is 9.58. The van der Waals surface area contributed by atoms with Crippen LogP contribution in [0.2, 0.25) is 0 Å². The topological polar surface area (TPSA) is 201 Å². The van der Waals surface area contributed by atoms with Crippen molar-refractivity contribution in [3.63, 3.8) is 0 Å². The molecule has 41 heavy (non-hydrogen) atoms. The highest BCUT2D eigenvalue weighted by Gasteiger charge is 2.44. The van der Waals surface area contributed by atoms with E-state index in [1.807, 2.05) is 0 Å². The first kappa shape index (κ1) is 26.2. The Kier molecular flexibility index (Phi) is 6.13. The van der Waals surface area contributed by atoms with E-state index in [1.54, 1.807) is 0 Å². The third kappa shape index (κ3) is 4.31. The van der Waals surface area contributed by atoms with Crippen molar-refractivity contribution in [3.8, 4) is 51.7 Å². The third-order valence-corrected chi connectivity index (χ3v) is 7.59. The summed E-state index contributed by atoms with van der Waals surface area (Å²) in [7, 11) is 0. The minimum Gasteiger partial charge on any atom is -0.508 e. The first-order chi connectivity index (χ1) is 19.5. The lowest BCUT2D eigenvalue weighted by molar-refractivity contribution is 0.00186. The predicted molar refractivity (Wildman–Crippen MR) is 142 cm³/mol. The predicted octanol–water partition coefficient (Wildman–Crippen LogP) is 3.29. The van der Waals surface area contributed by atoms with Crippen LogP contribution in [0.25, 0.3) is 0 Å². The molecule has 0 spiro atoms. The Labute approximate surface area is 232 Å². The molecular weight excluding hydrogens is 536 g/mol. The molecule has 0 fully saturated rings. The zero-order valence-corrected chi connectivity index (χ0v) is 21.2. The van der Waals surface area contributed by atoms with Gasteiger partial charge in [-0.25, -0.2) is 0 Å². The summed E-state index contributed by atoms with van der Waals surface area (Å²) in [6.45, 7) is 0. The van der Waals surface area contributed by atoms with Gasteiger partial charge < -0.3 is 55.4 Å². The first-order valence-corrected chi connectivity index (χ1v) is 12.7. The minimum atomic E-state index is -1.43. The maximum atomic E-state index is 11.7. The van der Waals surface area contributed by atoms with Gasteiger partial charge in [0.2, 0.25) is 0 Å². The molecule has 6 rings (SSSR count). The van der Waals surface area contributed by atoms with Crippen LogP contribution < -0.4 is 9.47 Å². The summed E-state index contributed by atoms with van der Waals surface area (Å²) in [5, 5.41) is 94.4. The van der Waals surface area contributed by atoms with Gasteiger partial charge in [0.25, 0.3) is 0 Å². The van der Waals surface area contributed by atoms with Gasteiger partial charge in [-0.2, -0.15) is 0 Å². The van der Waals surface area contributed by atoms with Crippen LogP contribution in [0.3, 0.4) is 0 Å². The molecule has 2 heterocycles. The molecule has 11 heteroatoms. The third-order valence-electron chi connectivity index (χ3n) is 7.59. The lowest BCUT2D eigenvalue weighted by Gasteiger charge is -2.40. The van der Waals surface area contributed by atoms with Crippen LogP contribution in [0.5, 0.6) is 51.7 Å². The van der Waals surface area contributed by atoms with Crippen LogP contribution in [0.4, 0.5) is 0 Å². The molecule has 0 saturated carbocycles. The molecule has 0 amide bonds. The Hall–Kier alpha value is -5.00. The second-order valence-corrected chi connectivity index (χ2v) is 10.2. The molecule has 9 N–H and O–H groups in total. The number of hydrogen-bond donors (Lipinski definition) is 9. The van der Waals surface area contributed by atoms with Crippen molar-refractivity contribution in [2.75, 3.05) is 0 Å². The van der Waals surface area contributed by atoms with E-state index in [0.29, 0.717) is 11.1 Å². The molecular formula is C30H26O11. The van der Waals surface area contributed by atoms with E-state index in [1.165, 1.54) is 54.6 Å². The number of fused-ring (bicyclic) bond motifs is 2. The average Bonchev–Trinajstić information content (AvgIpc) is 2.93. The highest BCUT2D eigenvalue weighted by molar-refractivity contribution is 5.63. The maximum absolute atomic E-state index is 11.7. The summed E-state index contributed by atoms with van der Waals surface area (Å²) in [6, 6.07) is 13.1. The number of ether oxygens (including phenoxy) is 2. The number of aliphatic hydroxyl groups excluding tert-OH is 2. The van der Waals surface area contributed by atoms with Crippen molar-refractivity contribution in [1.82, 2.24) is 0 Å². The van der Waals surface area contributed by atoms with Gasteiger partial charge in [-0.3, -0.25) is 0 Å². The number of hydrogen-bond acceptors (Lipinski definition) is 11. The Morgan fingerprint density at radius 1 is 0.585 bits per heavy atom. The monoisotopic (exact) mass is 562 g/mol. The summed E-state index contributed by atoms with van der Waals surface area (Å²) >= 11 is 0. The highest BCUT2D eigenvalue weighted by atomic mass is 16.5. The van der Waals surface area contributed by atoms with Crippen molar-refractivity contribution >= 4 is 0 Å². The number of aliphatic hydroxyl groups is 2. The molecule has 0 unspecified atom stereocenters. The van der Waals surface area contributed by atoms with Crippen LogP contribution in [-0.2, 0) is 6.42 Å². The summed E-state index contributed by atoms with van der Waals surface area (Å²) < 4.78 is 12.2. The number of rotatable bonds is 3. The van der Waals surface area contributed by atoms with Crippen molar-refractivity contribution in [1.29, 1.82) is 0 Å². The molecule has 2 aliphatic rings. The lowest BCUT2D eigenvalue weighted by Crippen LogP contribution is -2.36. The van der Waals surface area contributed by atoms with E-state index in [2.05, 4.69) is 0 Å². The van der Waals surface area contributed by atoms with E-state index >= 15 is 0 Å². The van der Waals surface area contributed by atoms with E-state index < -0.39 is 47.6 Å². The van der Waals surface area contributed by atoms with Crippen LogP contribution in [-0.4, -0.2) is 58.2 Å². The van der Waals surface area contributed by atoms with E-state index in [9.17, 15) is 46.0 Å². The molecule has 4 aromatic rings. The van der Waals surface area contributed by atoms with Crippen LogP contribution in [0.1, 0.15) is 45.9 Å². The van der Waals surface area contributed by atoms with Gasteiger partial charge in [-0.05, 0) is 41.5 Å². The SMILES string of the molecule is Oc1ccc2c(c1)O[C@H](c1ccc(O)c(O)c1)[C@H](O)[C@H]2c1c(O)cc(O)c2c1O[C@H](c1ccc(O)c(O)c1)[C@@H](O)C2. The second-order valence-electron chi connectivity index (χ2n) is 10.2. The zero-order chi connectivity index (χ0) is 29.2. The quantitative estimate of drug-likeness (QED) is 0.166. The standard InChI is InChI=1S/C30H26O11/c31-14-3-4-15-24(9-14)40-29(13-2-6-18(33)21(36)8-13)27(39)25(15)26-22(37)11-19(34)16-10-23(38)28(41-30(16)26)12-1-5-17(32)20(35)7-12/h1-9,11,23,25,27-29,31-39H,10H2/t23-,25+,27+,28+,29+/m0/s1. The van der Waals surface area contributed by atoms with Gasteiger partial charge in [-0.15, -0.1) is 0 Å². The number of aromatic hydroxyl groups is 7. The molecule has 0 aromatic heterocycles. The normalized spacial score (nSPS) is 23.1. The molecule has 4 aromatic carbocycles. The number of phenolic OH excluding ortho intramolecular Hbond substituents is 7. The fourth-order valence-corrected chi connectivity index (χ4v) is 5.61. The van der Waals surface area contributed by atoms with E-state index in [0.717, 1.165) is 6.07 Å². The molecule has 5 atom stereocenters. The largest absolute Gasteiger partial charge is 0.508 e. The molecule has 11 nitrogen and oxygen atoms in total. The summed E-state index contributed by atoms with van der Waals surface area (Å²) in [5.74, 6) is -3.45. The Bertz CT molecular complexity index is 1670. The van der Waals surface area contributed by atoms with Gasteiger partial charge in [0.15, 0.2) is 29.1 Å². The van der Waals surface area contributed by atoms with Gasteiger partial charge in [0.1, 0.15) is 41.0 Å². The molecule has 0 saturated heterocycles. The molecule has 0 radical (unpaired) electrons. The van der Waals surface area contributed by atoms with Gasteiger partial charge in [-0.1, -0.05) is 18.2 Å². The Morgan fingerprint density at radius 2 is 1.22 bits per heavy atom. The summed E-state index contributed by atoms with van der Waals surface area (Å²) in [5.41, 5.74) is 1.19. The molecule has 0 bridgehead atoms. The average molecular weight is 563 g/mol. The Balaban J connectivity index is 1.53. The van der Waals surface area contributed by atoms with Gasteiger partial charge >= 0.3 is 0 Å². The van der Waals surface area contributed by atoms with Crippen molar-refractivity contribution < 1.29 is 55.4 Å². The smallest absolute Gasteiger partial charge is 0.157 e. The van der Waals surface area contributed by atoms with Crippen LogP contribution in [0.15, 0.2) is 60.7 Å². The van der Waals surface area contributed by atoms with Crippen molar-refractivity contribution in [2.45, 2.75) is 36.8 Å². The van der Waals surface area contributed by atoms with Crippen molar-refractivity contribution in [2.24, 2.45) is 0 Å². The lowest BCUT2D eigenvalue weighted by atomic mass is 9.78. The fraction of sp³-hybridized carbons (Fsp3) is 0.200. The van der Waals surface area contributed by atoms with E-state index in [-0.39, 0.29) is 57.6 Å².